The first kappa shape index (κ1) is 106. The summed E-state index contributed by atoms with van der Waals surface area (Å²) in [6, 6.07) is -3.73. The first-order chi connectivity index (χ1) is 57.4. The van der Waals surface area contributed by atoms with E-state index in [0.717, 1.165) is 107 Å². The molecule has 0 bridgehead atoms. The van der Waals surface area contributed by atoms with E-state index in [2.05, 4.69) is 37.2 Å². The van der Waals surface area contributed by atoms with Gasteiger partial charge in [-0.2, -0.15) is 0 Å². The van der Waals surface area contributed by atoms with E-state index in [1.807, 2.05) is 0 Å². The van der Waals surface area contributed by atoms with Crippen LogP contribution in [-0.2, 0) is 167 Å². The zero-order valence-corrected chi connectivity index (χ0v) is 71.2. The quantitative estimate of drug-likeness (QED) is 0.0229. The van der Waals surface area contributed by atoms with Gasteiger partial charge in [0, 0.05) is 141 Å². The Hall–Kier alpha value is -9.37. The number of carboxylic acid groups (broad SMARTS) is 1. The predicted octanol–water partition coefficient (Wildman–Crippen LogP) is 0.222. The van der Waals surface area contributed by atoms with Crippen LogP contribution < -0.4 is 37.2 Å². The maximum absolute atomic E-state index is 13.9. The fraction of sp³-hybridized carbons (Fsp3) is 0.782. The standard InChI is InChI=1S/C78H125N7O36/c1-46(86)83-66-72(116-55(10)95)69(113-52(7)92)58(42-110-49(4)89)119-75(66)107-39-36-104-33-30-79-62(99)24-27-78(45-82-61(98)22-20-18-16-14-13-15-17-19-21-23-65(102)103,28-25-63(100)80-31-34-105-37-40-108-76-67(84-47(2)87)73(117-56(11)96)70(114-53(8)93)59(120-76)43-111-50(5)90)29-26-64(101)81-32-35-106-38-41-109-77-68(85-48(3)88)74(118-57(12)97)71(115-54(9)94)60(121-77)44-112-51(6)91/h58-60,66-77H,13-45H2,1-12H3,(H,79,99)(H,80,100)(H,81,101)(H,82,98)(H,83,86)(H,84,87)(H,85,88)(H,102,103)/t58?,59?,60?,66?,67?,68?,69-,70-,71-,72+,73+,74+,75+,76+,77+,78?/m0/s1. The van der Waals surface area contributed by atoms with Gasteiger partial charge in [0.1, 0.15) is 56.3 Å². The van der Waals surface area contributed by atoms with Crippen LogP contribution in [0.4, 0.5) is 0 Å². The van der Waals surface area contributed by atoms with E-state index in [0.29, 0.717) is 12.8 Å². The molecule has 3 rings (SSSR count). The smallest absolute Gasteiger partial charge is 0.303 e. The lowest BCUT2D eigenvalue weighted by atomic mass is 9.74. The molecule has 0 aliphatic carbocycles. The summed E-state index contributed by atoms with van der Waals surface area (Å²) >= 11 is 0. The van der Waals surface area contributed by atoms with Crippen LogP contribution in [0.3, 0.4) is 0 Å². The number of carboxylic acids is 1. The van der Waals surface area contributed by atoms with Gasteiger partial charge in [0.25, 0.3) is 0 Å². The molecule has 0 saturated carbocycles. The second kappa shape index (κ2) is 58.6. The molecule has 3 saturated heterocycles. The Morgan fingerprint density at radius 3 is 0.810 bits per heavy atom. The van der Waals surface area contributed by atoms with Crippen molar-refractivity contribution in [2.24, 2.45) is 5.41 Å². The van der Waals surface area contributed by atoms with E-state index in [1.54, 1.807) is 0 Å². The van der Waals surface area contributed by atoms with Crippen molar-refractivity contribution in [2.45, 2.75) is 284 Å². The van der Waals surface area contributed by atoms with E-state index >= 15 is 0 Å². The van der Waals surface area contributed by atoms with Gasteiger partial charge in [-0.3, -0.25) is 81.5 Å². The molecule has 3 heterocycles. The summed E-state index contributed by atoms with van der Waals surface area (Å²) in [7, 11) is 0. The third kappa shape index (κ3) is 45.4. The molecule has 0 aromatic carbocycles. The molecule has 0 spiro atoms. The van der Waals surface area contributed by atoms with Crippen LogP contribution in [0.1, 0.15) is 192 Å². The van der Waals surface area contributed by atoms with Crippen molar-refractivity contribution in [1.29, 1.82) is 0 Å². The fourth-order valence-corrected chi connectivity index (χ4v) is 13.3. The second-order valence-corrected chi connectivity index (χ2v) is 29.0. The van der Waals surface area contributed by atoms with Gasteiger partial charge in [-0.05, 0) is 37.5 Å². The van der Waals surface area contributed by atoms with Gasteiger partial charge in [-0.25, -0.2) is 0 Å². The molecular formula is C78H125N7O36. The van der Waals surface area contributed by atoms with E-state index < -0.39 is 212 Å². The van der Waals surface area contributed by atoms with Crippen LogP contribution in [0.15, 0.2) is 0 Å². The number of aliphatic carboxylic acids is 1. The van der Waals surface area contributed by atoms with Gasteiger partial charge in [-0.1, -0.05) is 44.9 Å². The predicted molar refractivity (Wildman–Crippen MR) is 413 cm³/mol. The lowest BCUT2D eigenvalue weighted by molar-refractivity contribution is -0.279. The van der Waals surface area contributed by atoms with Gasteiger partial charge in [0.2, 0.25) is 41.4 Å². The topological polar surface area (TPSA) is 561 Å². The number of unbranched alkanes of at least 4 members (excludes halogenated alkanes) is 8. The number of ether oxygens (including phenoxy) is 18. The number of carbonyl (C=O) groups excluding carboxylic acids is 16. The Bertz CT molecular complexity index is 3040. The van der Waals surface area contributed by atoms with Gasteiger partial charge in [0.05, 0.1) is 59.5 Å². The second-order valence-electron chi connectivity index (χ2n) is 29.0. The number of hydrogen-bond donors (Lipinski definition) is 8. The first-order valence-corrected chi connectivity index (χ1v) is 40.5. The average molecular weight is 1740 g/mol. The van der Waals surface area contributed by atoms with Crippen molar-refractivity contribution in [3.63, 3.8) is 0 Å². The van der Waals surface area contributed by atoms with Crippen LogP contribution in [0.5, 0.6) is 0 Å². The van der Waals surface area contributed by atoms with Gasteiger partial charge in [-0.15, -0.1) is 0 Å². The highest BCUT2D eigenvalue weighted by molar-refractivity contribution is 5.79. The summed E-state index contributed by atoms with van der Waals surface area (Å²) in [6.45, 7) is 10.7. The Kier molecular flexibility index (Phi) is 51.2. The first-order valence-electron chi connectivity index (χ1n) is 40.5. The largest absolute Gasteiger partial charge is 0.481 e. The van der Waals surface area contributed by atoms with Crippen molar-refractivity contribution in [3.8, 4) is 0 Å². The monoisotopic (exact) mass is 1740 g/mol. The number of hydrogen-bond acceptors (Lipinski definition) is 35. The Morgan fingerprint density at radius 2 is 0.554 bits per heavy atom. The Labute approximate surface area is 702 Å². The van der Waals surface area contributed by atoms with E-state index in [-0.39, 0.29) is 143 Å². The van der Waals surface area contributed by atoms with Gasteiger partial charge < -0.3 is 128 Å². The molecular weight excluding hydrogens is 1610 g/mol. The lowest BCUT2D eigenvalue weighted by Gasteiger charge is -2.44. The van der Waals surface area contributed by atoms with Crippen LogP contribution in [-0.4, -0.2) is 304 Å². The maximum atomic E-state index is 13.9. The molecule has 15 atom stereocenters. The van der Waals surface area contributed by atoms with Crippen molar-refractivity contribution >= 4 is 101 Å². The van der Waals surface area contributed by atoms with Gasteiger partial charge >= 0.3 is 59.7 Å². The summed E-state index contributed by atoms with van der Waals surface area (Å²) in [6.07, 6.45) is -8.96. The van der Waals surface area contributed by atoms with Gasteiger partial charge in [0.15, 0.2) is 55.5 Å². The summed E-state index contributed by atoms with van der Waals surface area (Å²) < 4.78 is 102. The number of amides is 7. The molecule has 7 amide bonds. The molecule has 3 aliphatic rings. The van der Waals surface area contributed by atoms with Crippen molar-refractivity contribution in [1.82, 2.24) is 37.2 Å². The zero-order valence-electron chi connectivity index (χ0n) is 71.2. The Balaban J connectivity index is 1.85. The van der Waals surface area contributed by atoms with E-state index in [1.165, 1.54) is 20.8 Å². The molecule has 6 unspecified atom stereocenters. The Morgan fingerprint density at radius 1 is 0.298 bits per heavy atom. The number of nitrogens with one attached hydrogen (secondary N) is 7. The van der Waals surface area contributed by atoms with Crippen molar-refractivity contribution in [3.05, 3.63) is 0 Å². The molecule has 688 valence electrons. The minimum atomic E-state index is -1.38. The van der Waals surface area contributed by atoms with E-state index in [9.17, 15) is 81.5 Å². The summed E-state index contributed by atoms with van der Waals surface area (Å²) in [5.74, 6) is -11.3. The molecule has 0 radical (unpaired) electrons. The number of carbonyl (C=O) groups is 17. The molecule has 0 aromatic heterocycles. The minimum absolute atomic E-state index is 0.0208. The maximum Gasteiger partial charge on any atom is 0.303 e. The summed E-state index contributed by atoms with van der Waals surface area (Å²) in [5.41, 5.74) is -1.12. The molecule has 43 heteroatoms. The van der Waals surface area contributed by atoms with Crippen molar-refractivity contribution < 1.29 is 172 Å². The molecule has 43 nitrogen and oxygen atoms in total. The van der Waals surface area contributed by atoms with Crippen LogP contribution in [0.25, 0.3) is 0 Å². The third-order valence-electron chi connectivity index (χ3n) is 18.6. The molecule has 8 N–H and O–H groups in total. The molecule has 121 heavy (non-hydrogen) atoms. The SMILES string of the molecule is CC(=O)NC1[C@H](OCCOCCNC(=O)CCC(CCC(=O)NCCOCCO[C@@H]2OC(COC(C)=O)[C@H](OC(C)=O)[C@H](OC(C)=O)C2NC(C)=O)(CCC(=O)NCCOCCO[C@@H]2OC(COC(C)=O)[C@H](OC(C)=O)[C@H](OC(C)=O)C2NC(C)=O)CNC(=O)CCCCCCCCCCCC(=O)O)OC(COC(C)=O)[C@H](OC(C)=O)[C@@H]1OC(C)=O. The molecule has 3 fully saturated rings. The average Bonchev–Trinajstić information content (AvgIpc) is 0.796. The number of esters is 9. The van der Waals surface area contributed by atoms with E-state index in [4.69, 9.17) is 90.4 Å². The summed E-state index contributed by atoms with van der Waals surface area (Å²) in [5, 5.41) is 28.2. The number of rotatable bonds is 59. The minimum Gasteiger partial charge on any atom is -0.481 e. The zero-order chi connectivity index (χ0) is 90.0. The third-order valence-corrected chi connectivity index (χ3v) is 18.6. The summed E-state index contributed by atoms with van der Waals surface area (Å²) in [4.78, 5) is 213. The normalized spacial score (nSPS) is 22.8. The molecule has 3 aliphatic heterocycles. The van der Waals surface area contributed by atoms with Crippen LogP contribution >= 0.6 is 0 Å². The highest BCUT2D eigenvalue weighted by atomic mass is 16.7. The van der Waals surface area contributed by atoms with Crippen LogP contribution in [0.2, 0.25) is 0 Å². The van der Waals surface area contributed by atoms with Crippen LogP contribution in [0, 0.1) is 5.41 Å². The lowest BCUT2D eigenvalue weighted by Crippen LogP contribution is -2.66. The highest BCUT2D eigenvalue weighted by Gasteiger charge is 2.54. The van der Waals surface area contributed by atoms with Crippen molar-refractivity contribution in [2.75, 3.05) is 105 Å². The molecule has 0 aromatic rings. The highest BCUT2D eigenvalue weighted by Crippen LogP contribution is 2.36. The fourth-order valence-electron chi connectivity index (χ4n) is 13.3.